The van der Waals surface area contributed by atoms with Gasteiger partial charge in [0.2, 0.25) is 47.3 Å². The van der Waals surface area contributed by atoms with Gasteiger partial charge in [0.05, 0.1) is 37.7 Å². The number of aliphatic hydroxyl groups is 3. The summed E-state index contributed by atoms with van der Waals surface area (Å²) in [7, 11) is 0. The lowest BCUT2D eigenvalue weighted by atomic mass is 10.0. The van der Waals surface area contributed by atoms with Crippen molar-refractivity contribution in [3.63, 3.8) is 0 Å². The molecule has 25 heteroatoms. The smallest absolute Gasteiger partial charge is 0.328 e. The second kappa shape index (κ2) is 25.5. The summed E-state index contributed by atoms with van der Waals surface area (Å²) in [6.45, 7) is 0.463. The minimum atomic E-state index is -1.78. The number of H-pyrrole nitrogens is 1. The van der Waals surface area contributed by atoms with Crippen LogP contribution in [0.25, 0.3) is 0 Å². The molecule has 1 aromatic carbocycles. The number of nitrogens with zero attached hydrogens (tertiary/aromatic N) is 1. The largest absolute Gasteiger partial charge is 0.480 e. The molecule has 0 aliphatic rings. The van der Waals surface area contributed by atoms with Crippen LogP contribution >= 0.6 is 12.6 Å². The highest BCUT2D eigenvalue weighted by Crippen LogP contribution is 2.08. The number of carboxylic acid groups (broad SMARTS) is 1. The molecule has 0 saturated carbocycles. The third kappa shape index (κ3) is 17.5. The van der Waals surface area contributed by atoms with Crippen molar-refractivity contribution < 1.29 is 63.6 Å². The molecule has 0 fully saturated rings. The quantitative estimate of drug-likeness (QED) is 0.0391. The van der Waals surface area contributed by atoms with Gasteiger partial charge in [-0.05, 0) is 25.8 Å². The maximum Gasteiger partial charge on any atom is 0.328 e. The number of aromatic nitrogens is 2. The summed E-state index contributed by atoms with van der Waals surface area (Å²) in [5.41, 5.74) is 11.7. The van der Waals surface area contributed by atoms with E-state index < -0.39 is 121 Å². The second-order valence-corrected chi connectivity index (χ2v) is 14.1. The first-order valence-corrected chi connectivity index (χ1v) is 19.4. The van der Waals surface area contributed by atoms with E-state index in [4.69, 9.17) is 11.5 Å². The van der Waals surface area contributed by atoms with Crippen LogP contribution in [0.4, 0.5) is 0 Å². The highest BCUT2D eigenvalue weighted by atomic mass is 32.1. The first kappa shape index (κ1) is 51.0. The fourth-order valence-electron chi connectivity index (χ4n) is 5.36. The summed E-state index contributed by atoms with van der Waals surface area (Å²) in [6.07, 6.45) is -1.53. The number of carboxylic acids is 1. The molecule has 9 atom stereocenters. The van der Waals surface area contributed by atoms with Gasteiger partial charge >= 0.3 is 5.97 Å². The molecule has 336 valence electrons. The number of rotatable bonds is 26. The second-order valence-electron chi connectivity index (χ2n) is 13.8. The number of nitrogens with two attached hydrogens (primary N) is 2. The number of aliphatic carboxylic acids is 1. The first-order chi connectivity index (χ1) is 28.8. The van der Waals surface area contributed by atoms with Gasteiger partial charge in [-0.15, -0.1) is 0 Å². The van der Waals surface area contributed by atoms with E-state index in [9.17, 15) is 63.6 Å². The van der Waals surface area contributed by atoms with Gasteiger partial charge in [0.1, 0.15) is 30.2 Å². The number of carbonyl (C=O) groups is 9. The number of benzene rings is 1. The third-order valence-electron chi connectivity index (χ3n) is 8.74. The summed E-state index contributed by atoms with van der Waals surface area (Å²) >= 11 is 3.93. The van der Waals surface area contributed by atoms with E-state index >= 15 is 0 Å². The Hall–Kier alpha value is -6.15. The molecule has 1 aromatic heterocycles. The number of thiol groups is 1. The molecule has 0 aliphatic heterocycles. The van der Waals surface area contributed by atoms with Gasteiger partial charge in [0.25, 0.3) is 0 Å². The topological polar surface area (TPSA) is 399 Å². The van der Waals surface area contributed by atoms with Gasteiger partial charge in [-0.3, -0.25) is 38.4 Å². The van der Waals surface area contributed by atoms with Crippen molar-refractivity contribution in [1.82, 2.24) is 47.2 Å². The Morgan fingerprint density at radius 2 is 1.30 bits per heavy atom. The first-order valence-electron chi connectivity index (χ1n) is 18.7. The van der Waals surface area contributed by atoms with E-state index in [0.29, 0.717) is 11.3 Å². The molecule has 0 aliphatic carbocycles. The minimum Gasteiger partial charge on any atom is -0.480 e. The van der Waals surface area contributed by atoms with E-state index in [2.05, 4.69) is 54.5 Å². The number of hydrogen-bond donors (Lipinski definition) is 15. The maximum atomic E-state index is 14.0. The number of nitrogens with one attached hydrogen (secondary N) is 8. The summed E-state index contributed by atoms with van der Waals surface area (Å²) in [4.78, 5) is 122. The monoisotopic (exact) mass is 879 g/mol. The number of aliphatic hydroxyl groups excluding tert-OH is 3. The van der Waals surface area contributed by atoms with Crippen molar-refractivity contribution in [1.29, 1.82) is 0 Å². The zero-order valence-corrected chi connectivity index (χ0v) is 34.1. The van der Waals surface area contributed by atoms with Crippen molar-refractivity contribution in [2.45, 2.75) is 94.0 Å². The molecule has 0 saturated heterocycles. The number of carbonyl (C=O) groups excluding carboxylic acids is 8. The van der Waals surface area contributed by atoms with Gasteiger partial charge < -0.3 is 74.1 Å². The minimum absolute atomic E-state index is 0.0650. The van der Waals surface area contributed by atoms with Crippen molar-refractivity contribution in [2.75, 3.05) is 18.9 Å². The number of primary amides is 1. The highest BCUT2D eigenvalue weighted by molar-refractivity contribution is 7.80. The van der Waals surface area contributed by atoms with Crippen molar-refractivity contribution in [3.05, 3.63) is 54.1 Å². The molecule has 0 bridgehead atoms. The fraction of sp³-hybridized carbons (Fsp3) is 0.500. The van der Waals surface area contributed by atoms with Gasteiger partial charge in [-0.2, -0.15) is 12.6 Å². The standard InChI is InChI=1S/C36H53N11O13S/c1-17(49)28(46-27(52)13-40-31(54)22(8-9-26(38)51)42-30(53)21(37)15-61)35(58)44-24(11-20-12-39-16-41-20)33(56)43-23(10-19-6-4-3-5-7-19)32(55)45-25(14-48)34(57)47-29(18(2)50)36(59)60/h3-7,12,16-18,21-25,28-29,48-50,61H,8-11,13-15,37H2,1-2H3,(H2,38,51)(H,39,41)(H,40,54)(H,42,53)(H,43,56)(H,44,58)(H,45,55)(H,46,52)(H,47,57)(H,59,60)/t17-,18-,21+,22+,23+,24+,25+,28+,29+/m1/s1. The average molecular weight is 880 g/mol. The Balaban J connectivity index is 2.29. The summed E-state index contributed by atoms with van der Waals surface area (Å²) in [5.74, 6) is -9.34. The third-order valence-corrected chi connectivity index (χ3v) is 9.13. The van der Waals surface area contributed by atoms with E-state index in [-0.39, 0.29) is 31.4 Å². The van der Waals surface area contributed by atoms with Crippen LogP contribution in [0.1, 0.15) is 37.9 Å². The number of aromatic amines is 1. The van der Waals surface area contributed by atoms with Gasteiger partial charge in [0, 0.05) is 36.9 Å². The Bertz CT molecular complexity index is 1820. The van der Waals surface area contributed by atoms with Crippen LogP contribution in [0.2, 0.25) is 0 Å². The Morgan fingerprint density at radius 1 is 0.738 bits per heavy atom. The summed E-state index contributed by atoms with van der Waals surface area (Å²) in [6, 6.07) is -2.47. The Morgan fingerprint density at radius 3 is 1.82 bits per heavy atom. The molecule has 0 radical (unpaired) electrons. The van der Waals surface area contributed by atoms with Crippen molar-refractivity contribution in [2.24, 2.45) is 11.5 Å². The van der Waals surface area contributed by atoms with Crippen LogP contribution in [-0.4, -0.2) is 157 Å². The normalized spacial score (nSPS) is 15.4. The number of amides is 8. The maximum absolute atomic E-state index is 14.0. The lowest BCUT2D eigenvalue weighted by Crippen LogP contribution is -2.61. The van der Waals surface area contributed by atoms with Gasteiger partial charge in [0.15, 0.2) is 6.04 Å². The van der Waals surface area contributed by atoms with E-state index in [0.717, 1.165) is 13.8 Å². The van der Waals surface area contributed by atoms with Crippen LogP contribution in [0.3, 0.4) is 0 Å². The molecule has 16 N–H and O–H groups in total. The molecule has 61 heavy (non-hydrogen) atoms. The average Bonchev–Trinajstić information content (AvgIpc) is 3.73. The molecular weight excluding hydrogens is 827 g/mol. The highest BCUT2D eigenvalue weighted by Gasteiger charge is 2.35. The SMILES string of the molecule is C[C@@H](O)[C@H](NC(=O)[C@H](CO)NC(=O)[C@H](Cc1ccccc1)NC(=O)[C@H](Cc1cnc[nH]1)NC(=O)[C@@H](NC(=O)CNC(=O)[C@H](CCC(N)=O)NC(=O)[C@@H](N)CS)[C@@H](C)O)C(=O)O. The Labute approximate surface area is 354 Å². The molecule has 2 aromatic rings. The van der Waals surface area contributed by atoms with Gasteiger partial charge in [-0.25, -0.2) is 9.78 Å². The molecule has 0 unspecified atom stereocenters. The molecule has 2 rings (SSSR count). The zero-order chi connectivity index (χ0) is 45.8. The van der Waals surface area contributed by atoms with Crippen LogP contribution in [0.15, 0.2) is 42.9 Å². The number of hydrogen-bond acceptors (Lipinski definition) is 15. The number of imidazole rings is 1. The summed E-state index contributed by atoms with van der Waals surface area (Å²) in [5, 5.41) is 55.6. The fourth-order valence-corrected chi connectivity index (χ4v) is 5.53. The lowest BCUT2D eigenvalue weighted by Gasteiger charge is -2.27. The Kier molecular flexibility index (Phi) is 21.3. The molecule has 24 nitrogen and oxygen atoms in total. The van der Waals surface area contributed by atoms with E-state index in [1.54, 1.807) is 30.3 Å². The zero-order valence-electron chi connectivity index (χ0n) is 33.2. The molecular formula is C36H53N11O13S. The lowest BCUT2D eigenvalue weighted by molar-refractivity contribution is -0.145. The van der Waals surface area contributed by atoms with Crippen molar-refractivity contribution in [3.8, 4) is 0 Å². The van der Waals surface area contributed by atoms with Crippen LogP contribution in [0.5, 0.6) is 0 Å². The molecule has 8 amide bonds. The summed E-state index contributed by atoms with van der Waals surface area (Å²) < 4.78 is 0. The van der Waals surface area contributed by atoms with Gasteiger partial charge in [-0.1, -0.05) is 30.3 Å². The van der Waals surface area contributed by atoms with Crippen LogP contribution in [0, 0.1) is 0 Å². The van der Waals surface area contributed by atoms with Crippen molar-refractivity contribution >= 4 is 65.9 Å². The predicted octanol–water partition coefficient (Wildman–Crippen LogP) is -6.42. The predicted molar refractivity (Wildman–Crippen MR) is 215 cm³/mol. The van der Waals surface area contributed by atoms with Crippen LogP contribution < -0.4 is 48.7 Å². The van der Waals surface area contributed by atoms with Crippen LogP contribution in [-0.2, 0) is 56.0 Å². The molecule has 0 spiro atoms. The van der Waals surface area contributed by atoms with E-state index in [1.807, 2.05) is 5.32 Å². The van der Waals surface area contributed by atoms with E-state index in [1.165, 1.54) is 12.5 Å². The molecule has 1 heterocycles.